The van der Waals surface area contributed by atoms with E-state index in [2.05, 4.69) is 28.2 Å². The number of halogens is 2. The van der Waals surface area contributed by atoms with Crippen LogP contribution >= 0.6 is 15.9 Å². The smallest absolute Gasteiger partial charge is 0.123 e. The van der Waals surface area contributed by atoms with Gasteiger partial charge in [0.2, 0.25) is 0 Å². The van der Waals surface area contributed by atoms with Crippen LogP contribution < -0.4 is 5.32 Å². The number of benzene rings is 1. The Morgan fingerprint density at radius 1 is 1.33 bits per heavy atom. The van der Waals surface area contributed by atoms with Gasteiger partial charge in [-0.3, -0.25) is 0 Å². The summed E-state index contributed by atoms with van der Waals surface area (Å²) in [4.78, 5) is 0. The van der Waals surface area contributed by atoms with E-state index in [0.717, 1.165) is 29.4 Å². The third-order valence-electron chi connectivity index (χ3n) is 4.05. The summed E-state index contributed by atoms with van der Waals surface area (Å²) in [5, 5.41) is 3.70. The third-order valence-corrected chi connectivity index (χ3v) is 4.82. The number of hydrogen-bond donors (Lipinski definition) is 1. The number of rotatable bonds is 3. The summed E-state index contributed by atoms with van der Waals surface area (Å²) in [7, 11) is 0. The van der Waals surface area contributed by atoms with Crippen molar-refractivity contribution in [1.82, 2.24) is 5.32 Å². The molecule has 0 amide bonds. The fourth-order valence-corrected chi connectivity index (χ4v) is 3.21. The average molecular weight is 314 g/mol. The highest BCUT2D eigenvalue weighted by Gasteiger charge is 2.29. The molecule has 2 rings (SSSR count). The highest BCUT2D eigenvalue weighted by Crippen LogP contribution is 2.30. The maximum absolute atomic E-state index is 13.4. The Morgan fingerprint density at radius 3 is 2.94 bits per heavy atom. The quantitative estimate of drug-likeness (QED) is 0.869. The third kappa shape index (κ3) is 3.33. The second kappa shape index (κ2) is 6.16. The first-order valence-electron chi connectivity index (χ1n) is 6.84. The van der Waals surface area contributed by atoms with E-state index in [-0.39, 0.29) is 11.4 Å². The first kappa shape index (κ1) is 14.0. The van der Waals surface area contributed by atoms with Crippen LogP contribution in [0.25, 0.3) is 0 Å². The van der Waals surface area contributed by atoms with Gasteiger partial charge in [0.15, 0.2) is 0 Å². The van der Waals surface area contributed by atoms with Gasteiger partial charge in [0.05, 0.1) is 0 Å². The van der Waals surface area contributed by atoms with Crippen LogP contribution in [0.1, 0.15) is 44.6 Å². The molecule has 0 radical (unpaired) electrons. The van der Waals surface area contributed by atoms with Gasteiger partial charge in [-0.15, -0.1) is 0 Å². The molecule has 1 fully saturated rings. The van der Waals surface area contributed by atoms with Gasteiger partial charge in [0.1, 0.15) is 5.82 Å². The van der Waals surface area contributed by atoms with E-state index in [4.69, 9.17) is 0 Å². The minimum Gasteiger partial charge on any atom is -0.311 e. The summed E-state index contributed by atoms with van der Waals surface area (Å²) in [5.41, 5.74) is 1.22. The van der Waals surface area contributed by atoms with Crippen molar-refractivity contribution < 1.29 is 4.39 Å². The highest BCUT2D eigenvalue weighted by molar-refractivity contribution is 9.10. The summed E-state index contributed by atoms with van der Waals surface area (Å²) in [6, 6.07) is 4.98. The molecule has 18 heavy (non-hydrogen) atoms. The molecule has 1 aromatic carbocycles. The van der Waals surface area contributed by atoms with Crippen molar-refractivity contribution in [2.45, 2.75) is 51.0 Å². The molecule has 1 heterocycles. The maximum Gasteiger partial charge on any atom is 0.123 e. The zero-order chi connectivity index (χ0) is 13.0. The standard InChI is InChI=1S/C15H21BrFN/c1-2-15(8-4-3-5-9-18-15)11-12-10-13(17)6-7-14(12)16/h6-7,10,18H,2-5,8-9,11H2,1H3. The first-order chi connectivity index (χ1) is 8.65. The lowest BCUT2D eigenvalue weighted by Crippen LogP contribution is -2.46. The van der Waals surface area contributed by atoms with Crippen molar-refractivity contribution in [3.8, 4) is 0 Å². The Hall–Kier alpha value is -0.410. The monoisotopic (exact) mass is 313 g/mol. The fourth-order valence-electron chi connectivity index (χ4n) is 2.83. The van der Waals surface area contributed by atoms with Gasteiger partial charge in [-0.1, -0.05) is 35.7 Å². The van der Waals surface area contributed by atoms with E-state index in [0.29, 0.717) is 0 Å². The van der Waals surface area contributed by atoms with Gasteiger partial charge >= 0.3 is 0 Å². The maximum atomic E-state index is 13.4. The zero-order valence-corrected chi connectivity index (χ0v) is 12.5. The molecule has 1 aliphatic rings. The van der Waals surface area contributed by atoms with E-state index in [1.54, 1.807) is 6.07 Å². The number of hydrogen-bond acceptors (Lipinski definition) is 1. The topological polar surface area (TPSA) is 12.0 Å². The van der Waals surface area contributed by atoms with Crippen LogP contribution in [0, 0.1) is 5.82 Å². The van der Waals surface area contributed by atoms with Crippen molar-refractivity contribution in [1.29, 1.82) is 0 Å². The Morgan fingerprint density at radius 2 is 2.17 bits per heavy atom. The van der Waals surface area contributed by atoms with Crippen LogP contribution in [-0.4, -0.2) is 12.1 Å². The van der Waals surface area contributed by atoms with Crippen LogP contribution in [0.2, 0.25) is 0 Å². The summed E-state index contributed by atoms with van der Waals surface area (Å²) in [6.45, 7) is 3.31. The van der Waals surface area contributed by atoms with Gasteiger partial charge in [0, 0.05) is 10.0 Å². The molecule has 0 spiro atoms. The molecule has 1 saturated heterocycles. The summed E-state index contributed by atoms with van der Waals surface area (Å²) >= 11 is 3.54. The minimum atomic E-state index is -0.145. The predicted molar refractivity (Wildman–Crippen MR) is 77.3 cm³/mol. The molecular weight excluding hydrogens is 293 g/mol. The van der Waals surface area contributed by atoms with E-state index >= 15 is 0 Å². The van der Waals surface area contributed by atoms with Crippen molar-refractivity contribution >= 4 is 15.9 Å². The minimum absolute atomic E-state index is 0.145. The lowest BCUT2D eigenvalue weighted by molar-refractivity contribution is 0.301. The van der Waals surface area contributed by atoms with Crippen LogP contribution in [0.15, 0.2) is 22.7 Å². The summed E-state index contributed by atoms with van der Waals surface area (Å²) in [6.07, 6.45) is 7.02. The Kier molecular flexibility index (Phi) is 4.79. The lowest BCUT2D eigenvalue weighted by Gasteiger charge is -2.33. The van der Waals surface area contributed by atoms with E-state index < -0.39 is 0 Å². The van der Waals surface area contributed by atoms with Crippen molar-refractivity contribution in [3.05, 3.63) is 34.1 Å². The SMILES string of the molecule is CCC1(Cc2cc(F)ccc2Br)CCCCCN1. The van der Waals surface area contributed by atoms with Crippen LogP contribution in [0.5, 0.6) is 0 Å². The Bertz CT molecular complexity index is 397. The van der Waals surface area contributed by atoms with Gasteiger partial charge < -0.3 is 5.32 Å². The lowest BCUT2D eigenvalue weighted by atomic mass is 9.84. The molecule has 100 valence electrons. The molecular formula is C15H21BrFN. The van der Waals surface area contributed by atoms with E-state index in [1.165, 1.54) is 31.7 Å². The molecule has 3 heteroatoms. The van der Waals surface area contributed by atoms with Gasteiger partial charge in [-0.05, 0) is 56.0 Å². The largest absolute Gasteiger partial charge is 0.311 e. The van der Waals surface area contributed by atoms with Crippen molar-refractivity contribution in [2.24, 2.45) is 0 Å². The molecule has 0 aliphatic carbocycles. The molecule has 1 aromatic rings. The molecule has 0 bridgehead atoms. The van der Waals surface area contributed by atoms with Crippen LogP contribution in [0.4, 0.5) is 4.39 Å². The highest BCUT2D eigenvalue weighted by atomic mass is 79.9. The summed E-state index contributed by atoms with van der Waals surface area (Å²) in [5.74, 6) is -0.145. The Labute approximate surface area is 117 Å². The molecule has 1 aliphatic heterocycles. The van der Waals surface area contributed by atoms with Crippen molar-refractivity contribution in [3.63, 3.8) is 0 Å². The fraction of sp³-hybridized carbons (Fsp3) is 0.600. The number of nitrogens with one attached hydrogen (secondary N) is 1. The average Bonchev–Trinajstić information content (AvgIpc) is 2.60. The summed E-state index contributed by atoms with van der Waals surface area (Å²) < 4.78 is 14.4. The van der Waals surface area contributed by atoms with Crippen molar-refractivity contribution in [2.75, 3.05) is 6.54 Å². The molecule has 0 saturated carbocycles. The Balaban J connectivity index is 2.20. The van der Waals surface area contributed by atoms with E-state index in [9.17, 15) is 4.39 Å². The van der Waals surface area contributed by atoms with Gasteiger partial charge in [-0.2, -0.15) is 0 Å². The molecule has 1 N–H and O–H groups in total. The second-order valence-electron chi connectivity index (χ2n) is 5.28. The van der Waals surface area contributed by atoms with Gasteiger partial charge in [-0.25, -0.2) is 4.39 Å². The zero-order valence-electron chi connectivity index (χ0n) is 10.9. The first-order valence-corrected chi connectivity index (χ1v) is 7.63. The molecule has 0 aromatic heterocycles. The van der Waals surface area contributed by atoms with Crippen LogP contribution in [-0.2, 0) is 6.42 Å². The van der Waals surface area contributed by atoms with Gasteiger partial charge in [0.25, 0.3) is 0 Å². The van der Waals surface area contributed by atoms with Crippen LogP contribution in [0.3, 0.4) is 0 Å². The molecule has 1 atom stereocenters. The molecule has 1 unspecified atom stereocenters. The molecule has 1 nitrogen and oxygen atoms in total. The second-order valence-corrected chi connectivity index (χ2v) is 6.14. The predicted octanol–water partition coefficient (Wildman–Crippen LogP) is 4.44. The normalized spacial score (nSPS) is 24.8. The van der Waals surface area contributed by atoms with E-state index in [1.807, 2.05) is 6.07 Å².